The monoisotopic (exact) mass is 458 g/mol. The van der Waals surface area contributed by atoms with Gasteiger partial charge in [-0.05, 0) is 30.7 Å². The molecular weight excluding hydrogens is 420 g/mol. The molecule has 1 N–H and O–H groups in total. The van der Waals surface area contributed by atoms with Gasteiger partial charge in [-0.2, -0.15) is 0 Å². The number of carbonyl (C=O) groups excluding carboxylic acids is 1. The van der Waals surface area contributed by atoms with Crippen LogP contribution in [0, 0.1) is 0 Å². The van der Waals surface area contributed by atoms with Gasteiger partial charge in [0.2, 0.25) is 5.78 Å². The summed E-state index contributed by atoms with van der Waals surface area (Å²) in [6.45, 7) is 3.04. The van der Waals surface area contributed by atoms with Gasteiger partial charge in [-0.15, -0.1) is 0 Å². The lowest BCUT2D eigenvalue weighted by atomic mass is 10.0. The highest BCUT2D eigenvalue weighted by Gasteiger charge is 2.31. The average molecular weight is 459 g/mol. The first-order valence-electron chi connectivity index (χ1n) is 13.3. The van der Waals surface area contributed by atoms with Crippen LogP contribution in [-0.4, -0.2) is 21.2 Å². The Morgan fingerprint density at radius 1 is 0.765 bits per heavy atom. The van der Waals surface area contributed by atoms with E-state index in [1.54, 1.807) is 0 Å². The standard InChI is InChI=1S/C30H38N2O2/c1-2-3-4-5-6-7-8-9-10-11-12-17-22-32-26-21-16-14-19-24(26)30(34)28(32)27-29(33)23-18-13-15-20-25(23)31-27/h13-16,18-21,34H,2-12,17,22H2,1H3. The minimum absolute atomic E-state index is 0.107. The highest BCUT2D eigenvalue weighted by atomic mass is 16.3. The Hall–Kier alpha value is -2.88. The van der Waals surface area contributed by atoms with E-state index in [0.717, 1.165) is 30.3 Å². The summed E-state index contributed by atoms with van der Waals surface area (Å²) in [5.74, 6) is 0.0547. The third-order valence-electron chi connectivity index (χ3n) is 7.00. The molecule has 2 heterocycles. The number of aliphatic imine (C=N–C) groups is 1. The van der Waals surface area contributed by atoms with Gasteiger partial charge >= 0.3 is 0 Å². The number of aromatic nitrogens is 1. The molecule has 1 aliphatic rings. The maximum atomic E-state index is 13.1. The van der Waals surface area contributed by atoms with Crippen LogP contribution >= 0.6 is 0 Å². The van der Waals surface area contributed by atoms with Crippen molar-refractivity contribution in [1.29, 1.82) is 0 Å². The predicted octanol–water partition coefficient (Wildman–Crippen LogP) is 8.37. The fraction of sp³-hybridized carbons (Fsp3) is 0.467. The number of carbonyl (C=O) groups is 1. The molecule has 34 heavy (non-hydrogen) atoms. The number of Topliss-reactive ketones (excluding diaryl/α,β-unsaturated/α-hetero) is 1. The van der Waals surface area contributed by atoms with E-state index >= 15 is 0 Å². The summed E-state index contributed by atoms with van der Waals surface area (Å²) in [5.41, 5.74) is 3.17. The molecule has 4 rings (SSSR count). The second-order valence-corrected chi connectivity index (χ2v) is 9.56. The molecular formula is C30H38N2O2. The Balaban J connectivity index is 1.34. The zero-order chi connectivity index (χ0) is 23.8. The van der Waals surface area contributed by atoms with Gasteiger partial charge in [-0.1, -0.05) is 102 Å². The zero-order valence-electron chi connectivity index (χ0n) is 20.6. The van der Waals surface area contributed by atoms with E-state index in [1.807, 2.05) is 48.5 Å². The number of aryl methyl sites for hydroxylation is 1. The Morgan fingerprint density at radius 3 is 2.03 bits per heavy atom. The molecule has 0 bridgehead atoms. The quantitative estimate of drug-likeness (QED) is 0.247. The summed E-state index contributed by atoms with van der Waals surface area (Å²) < 4.78 is 2.10. The number of nitrogens with zero attached hydrogens (tertiary/aromatic N) is 2. The summed E-state index contributed by atoms with van der Waals surface area (Å²) in [4.78, 5) is 17.7. The summed E-state index contributed by atoms with van der Waals surface area (Å²) in [6, 6.07) is 15.3. The lowest BCUT2D eigenvalue weighted by molar-refractivity contribution is 0.106. The first-order chi connectivity index (χ1) is 16.7. The molecule has 4 heteroatoms. The van der Waals surface area contributed by atoms with Gasteiger partial charge in [0.05, 0.1) is 11.2 Å². The SMILES string of the molecule is CCCCCCCCCCCCCCn1c(C2=Nc3ccccc3C2=O)c(O)c2ccccc21. The highest BCUT2D eigenvalue weighted by Crippen LogP contribution is 2.37. The average Bonchev–Trinajstić information content (AvgIpc) is 3.33. The third-order valence-corrected chi connectivity index (χ3v) is 7.00. The molecule has 0 saturated carbocycles. The van der Waals surface area contributed by atoms with Crippen molar-refractivity contribution in [2.75, 3.05) is 0 Å². The molecule has 1 aliphatic heterocycles. The molecule has 0 saturated heterocycles. The topological polar surface area (TPSA) is 54.6 Å². The van der Waals surface area contributed by atoms with Crippen molar-refractivity contribution in [1.82, 2.24) is 4.57 Å². The first kappa shape index (κ1) is 24.3. The fourth-order valence-electron chi connectivity index (χ4n) is 5.09. The molecule has 1 aromatic heterocycles. The van der Waals surface area contributed by atoms with Gasteiger partial charge in [-0.3, -0.25) is 4.79 Å². The lowest BCUT2D eigenvalue weighted by Gasteiger charge is -2.10. The molecule has 0 fully saturated rings. The maximum absolute atomic E-state index is 13.1. The Kier molecular flexibility index (Phi) is 8.56. The van der Waals surface area contributed by atoms with Crippen molar-refractivity contribution in [3.8, 4) is 5.75 Å². The van der Waals surface area contributed by atoms with Crippen LogP contribution in [0.15, 0.2) is 53.5 Å². The Morgan fingerprint density at radius 2 is 1.35 bits per heavy atom. The summed E-state index contributed by atoms with van der Waals surface area (Å²) >= 11 is 0. The van der Waals surface area contributed by atoms with Gasteiger partial charge < -0.3 is 9.67 Å². The minimum Gasteiger partial charge on any atom is -0.505 e. The summed E-state index contributed by atoms with van der Waals surface area (Å²) in [6.07, 6.45) is 15.6. The van der Waals surface area contributed by atoms with Gasteiger partial charge in [-0.25, -0.2) is 4.99 Å². The molecule has 0 spiro atoms. The van der Waals surface area contributed by atoms with Crippen LogP contribution in [0.2, 0.25) is 0 Å². The predicted molar refractivity (Wildman–Crippen MR) is 142 cm³/mol. The zero-order valence-corrected chi connectivity index (χ0v) is 20.6. The van der Waals surface area contributed by atoms with Crippen LogP contribution in [0.5, 0.6) is 5.75 Å². The molecule has 0 radical (unpaired) electrons. The van der Waals surface area contributed by atoms with E-state index in [0.29, 0.717) is 22.7 Å². The van der Waals surface area contributed by atoms with Gasteiger partial charge in [0.15, 0.2) is 5.75 Å². The number of rotatable bonds is 14. The van der Waals surface area contributed by atoms with Crippen molar-refractivity contribution < 1.29 is 9.90 Å². The largest absolute Gasteiger partial charge is 0.505 e. The Bertz CT molecular complexity index is 1140. The second kappa shape index (κ2) is 12.0. The number of aromatic hydroxyl groups is 1. The van der Waals surface area contributed by atoms with Crippen LogP contribution in [0.1, 0.15) is 100 Å². The van der Waals surface area contributed by atoms with Crippen LogP contribution in [0.4, 0.5) is 5.69 Å². The van der Waals surface area contributed by atoms with E-state index in [4.69, 9.17) is 0 Å². The smallest absolute Gasteiger partial charge is 0.215 e. The molecule has 2 aromatic carbocycles. The van der Waals surface area contributed by atoms with Gasteiger partial charge in [0, 0.05) is 17.5 Å². The second-order valence-electron chi connectivity index (χ2n) is 9.56. The van der Waals surface area contributed by atoms with E-state index in [9.17, 15) is 9.90 Å². The van der Waals surface area contributed by atoms with E-state index < -0.39 is 0 Å². The molecule has 0 aliphatic carbocycles. The van der Waals surface area contributed by atoms with Crippen molar-refractivity contribution in [3.05, 3.63) is 59.8 Å². The van der Waals surface area contributed by atoms with E-state index in [1.165, 1.54) is 64.2 Å². The number of fused-ring (bicyclic) bond motifs is 2. The number of ketones is 1. The maximum Gasteiger partial charge on any atom is 0.215 e. The van der Waals surface area contributed by atoms with E-state index in [2.05, 4.69) is 16.5 Å². The summed E-state index contributed by atoms with van der Waals surface area (Å²) in [5, 5.41) is 11.8. The van der Waals surface area contributed by atoms with Crippen molar-refractivity contribution >= 4 is 28.1 Å². The number of benzene rings is 2. The minimum atomic E-state index is -0.107. The third kappa shape index (κ3) is 5.43. The fourth-order valence-corrected chi connectivity index (χ4v) is 5.09. The molecule has 3 aromatic rings. The van der Waals surface area contributed by atoms with Crippen LogP contribution < -0.4 is 0 Å². The van der Waals surface area contributed by atoms with Gasteiger partial charge in [0.1, 0.15) is 11.4 Å². The number of hydrogen-bond acceptors (Lipinski definition) is 3. The first-order valence-corrected chi connectivity index (χ1v) is 13.3. The van der Waals surface area contributed by atoms with Gasteiger partial charge in [0.25, 0.3) is 0 Å². The Labute approximate surface area is 203 Å². The molecule has 180 valence electrons. The summed E-state index contributed by atoms with van der Waals surface area (Å²) in [7, 11) is 0. The number of para-hydroxylation sites is 2. The molecule has 0 atom stereocenters. The van der Waals surface area contributed by atoms with Crippen molar-refractivity contribution in [2.45, 2.75) is 90.5 Å². The van der Waals surface area contributed by atoms with Crippen LogP contribution in [0.25, 0.3) is 10.9 Å². The highest BCUT2D eigenvalue weighted by molar-refractivity contribution is 6.55. The molecule has 0 amide bonds. The molecule has 4 nitrogen and oxygen atoms in total. The lowest BCUT2D eigenvalue weighted by Crippen LogP contribution is -2.16. The normalized spacial score (nSPS) is 13.0. The van der Waals surface area contributed by atoms with Crippen LogP contribution in [-0.2, 0) is 6.54 Å². The molecule has 0 unspecified atom stereocenters. The number of hydrogen-bond donors (Lipinski definition) is 1. The van der Waals surface area contributed by atoms with E-state index in [-0.39, 0.29) is 11.5 Å². The van der Waals surface area contributed by atoms with Crippen molar-refractivity contribution in [2.24, 2.45) is 4.99 Å². The van der Waals surface area contributed by atoms with Crippen LogP contribution in [0.3, 0.4) is 0 Å². The number of unbranched alkanes of at least 4 members (excludes halogenated alkanes) is 11. The van der Waals surface area contributed by atoms with Crippen molar-refractivity contribution in [3.63, 3.8) is 0 Å².